The van der Waals surface area contributed by atoms with Gasteiger partial charge in [-0.2, -0.15) is 0 Å². The molecule has 1 N–H and O–H groups in total. The molecule has 0 saturated carbocycles. The van der Waals surface area contributed by atoms with Crippen molar-refractivity contribution in [1.29, 1.82) is 0 Å². The summed E-state index contributed by atoms with van der Waals surface area (Å²) in [5.74, 6) is 0.477. The van der Waals surface area contributed by atoms with Crippen LogP contribution in [0, 0.1) is 0 Å². The van der Waals surface area contributed by atoms with Gasteiger partial charge >= 0.3 is 0 Å². The molecule has 84 valence electrons. The molecular weight excluding hydrogens is 228 g/mol. The summed E-state index contributed by atoms with van der Waals surface area (Å²) < 4.78 is 5.36. The topological polar surface area (TPSA) is 59.2 Å². The minimum Gasteiger partial charge on any atom is -0.418 e. The quantitative estimate of drug-likeness (QED) is 0.874. The van der Waals surface area contributed by atoms with Gasteiger partial charge in [0.1, 0.15) is 5.60 Å². The number of rotatable bonds is 2. The fourth-order valence-electron chi connectivity index (χ4n) is 1.21. The van der Waals surface area contributed by atoms with E-state index < -0.39 is 5.60 Å². The monoisotopic (exact) mass is 238 g/mol. The Morgan fingerprint density at radius 2 is 1.94 bits per heavy atom. The van der Waals surface area contributed by atoms with E-state index in [-0.39, 0.29) is 5.89 Å². The van der Waals surface area contributed by atoms with Gasteiger partial charge in [0, 0.05) is 0 Å². The highest BCUT2D eigenvalue weighted by molar-refractivity contribution is 6.33. The maximum absolute atomic E-state index is 9.69. The SMILES string of the molecule is CC(C)(O)c1nnc(-c2ccccc2Cl)o1. The molecule has 4 nitrogen and oxygen atoms in total. The molecule has 0 unspecified atom stereocenters. The summed E-state index contributed by atoms with van der Waals surface area (Å²) in [5.41, 5.74) is -0.487. The summed E-state index contributed by atoms with van der Waals surface area (Å²) in [6.45, 7) is 3.16. The lowest BCUT2D eigenvalue weighted by Gasteiger charge is -2.09. The van der Waals surface area contributed by atoms with Crippen molar-refractivity contribution in [2.75, 3.05) is 0 Å². The van der Waals surface area contributed by atoms with Gasteiger partial charge < -0.3 is 9.52 Å². The van der Waals surface area contributed by atoms with Crippen LogP contribution in [-0.2, 0) is 5.60 Å². The second-order valence-electron chi connectivity index (χ2n) is 3.95. The standard InChI is InChI=1S/C11H11ClN2O2/c1-11(2,15)10-14-13-9(16-10)7-5-3-4-6-8(7)12/h3-6,15H,1-2H3. The number of aromatic nitrogens is 2. The van der Waals surface area contributed by atoms with Crippen LogP contribution < -0.4 is 0 Å². The zero-order valence-electron chi connectivity index (χ0n) is 8.94. The predicted octanol–water partition coefficient (Wildman–Crippen LogP) is 2.62. The van der Waals surface area contributed by atoms with Crippen LogP contribution in [0.1, 0.15) is 19.7 Å². The molecule has 1 heterocycles. The third-order valence-corrected chi connectivity index (χ3v) is 2.38. The van der Waals surface area contributed by atoms with Crippen LogP contribution in [0.2, 0.25) is 5.02 Å². The Morgan fingerprint density at radius 3 is 2.50 bits per heavy atom. The summed E-state index contributed by atoms with van der Waals surface area (Å²) in [4.78, 5) is 0. The molecule has 0 atom stereocenters. The van der Waals surface area contributed by atoms with E-state index in [9.17, 15) is 5.11 Å². The fourth-order valence-corrected chi connectivity index (χ4v) is 1.43. The molecule has 0 amide bonds. The fraction of sp³-hybridized carbons (Fsp3) is 0.273. The number of halogens is 1. The molecule has 16 heavy (non-hydrogen) atoms. The van der Waals surface area contributed by atoms with E-state index in [1.807, 2.05) is 12.1 Å². The Balaban J connectivity index is 2.44. The Hall–Kier alpha value is -1.39. The first-order chi connectivity index (χ1) is 7.48. The molecule has 2 rings (SSSR count). The molecule has 0 spiro atoms. The lowest BCUT2D eigenvalue weighted by atomic mass is 10.1. The summed E-state index contributed by atoms with van der Waals surface area (Å²) >= 11 is 5.99. The van der Waals surface area contributed by atoms with Crippen molar-refractivity contribution in [2.45, 2.75) is 19.4 Å². The Morgan fingerprint density at radius 1 is 1.25 bits per heavy atom. The molecule has 0 bridgehead atoms. The lowest BCUT2D eigenvalue weighted by molar-refractivity contribution is 0.0488. The highest BCUT2D eigenvalue weighted by Crippen LogP contribution is 2.28. The number of aliphatic hydroxyl groups is 1. The molecule has 0 aliphatic heterocycles. The number of benzene rings is 1. The maximum Gasteiger partial charge on any atom is 0.249 e. The van der Waals surface area contributed by atoms with Gasteiger partial charge in [-0.05, 0) is 26.0 Å². The zero-order chi connectivity index (χ0) is 11.8. The smallest absolute Gasteiger partial charge is 0.249 e. The van der Waals surface area contributed by atoms with Crippen molar-refractivity contribution < 1.29 is 9.52 Å². The minimum atomic E-state index is -1.15. The third-order valence-electron chi connectivity index (χ3n) is 2.05. The maximum atomic E-state index is 9.69. The van der Waals surface area contributed by atoms with Crippen molar-refractivity contribution in [1.82, 2.24) is 10.2 Å². The molecule has 1 aromatic carbocycles. The largest absolute Gasteiger partial charge is 0.418 e. The summed E-state index contributed by atoms with van der Waals surface area (Å²) in [6.07, 6.45) is 0. The molecule has 0 saturated heterocycles. The van der Waals surface area contributed by atoms with Crippen LogP contribution in [0.15, 0.2) is 28.7 Å². The van der Waals surface area contributed by atoms with E-state index in [0.717, 1.165) is 0 Å². The van der Waals surface area contributed by atoms with Crippen LogP contribution in [0.4, 0.5) is 0 Å². The number of nitrogens with zero attached hydrogens (tertiary/aromatic N) is 2. The first-order valence-corrected chi connectivity index (χ1v) is 5.17. The van der Waals surface area contributed by atoms with E-state index in [1.54, 1.807) is 26.0 Å². The van der Waals surface area contributed by atoms with Gasteiger partial charge in [0.15, 0.2) is 0 Å². The minimum absolute atomic E-state index is 0.169. The van der Waals surface area contributed by atoms with Gasteiger partial charge in [0.2, 0.25) is 11.8 Å². The number of hydrogen-bond donors (Lipinski definition) is 1. The van der Waals surface area contributed by atoms with Crippen molar-refractivity contribution >= 4 is 11.6 Å². The lowest BCUT2D eigenvalue weighted by Crippen LogP contribution is -2.15. The van der Waals surface area contributed by atoms with Crippen molar-refractivity contribution in [3.63, 3.8) is 0 Å². The van der Waals surface area contributed by atoms with Crippen molar-refractivity contribution in [3.05, 3.63) is 35.2 Å². The average Bonchev–Trinajstić information content (AvgIpc) is 2.66. The second kappa shape index (κ2) is 3.88. The normalized spacial score (nSPS) is 11.8. The highest BCUT2D eigenvalue weighted by Gasteiger charge is 2.24. The summed E-state index contributed by atoms with van der Waals surface area (Å²) in [6, 6.07) is 7.17. The van der Waals surface area contributed by atoms with E-state index in [0.29, 0.717) is 16.5 Å². The van der Waals surface area contributed by atoms with E-state index in [4.69, 9.17) is 16.0 Å². The van der Waals surface area contributed by atoms with E-state index >= 15 is 0 Å². The van der Waals surface area contributed by atoms with Crippen LogP contribution in [0.3, 0.4) is 0 Å². The third kappa shape index (κ3) is 2.08. The molecule has 0 fully saturated rings. The van der Waals surface area contributed by atoms with Crippen LogP contribution in [0.25, 0.3) is 11.5 Å². The van der Waals surface area contributed by atoms with Gasteiger partial charge in [0.05, 0.1) is 10.6 Å². The first-order valence-electron chi connectivity index (χ1n) is 4.80. The highest BCUT2D eigenvalue weighted by atomic mass is 35.5. The van der Waals surface area contributed by atoms with Crippen molar-refractivity contribution in [3.8, 4) is 11.5 Å². The molecule has 0 radical (unpaired) electrons. The average molecular weight is 239 g/mol. The second-order valence-corrected chi connectivity index (χ2v) is 4.36. The Bertz CT molecular complexity index is 503. The Kier molecular flexibility index (Phi) is 2.69. The predicted molar refractivity (Wildman–Crippen MR) is 60.0 cm³/mol. The van der Waals surface area contributed by atoms with Crippen LogP contribution in [0.5, 0.6) is 0 Å². The van der Waals surface area contributed by atoms with Gasteiger partial charge in [0.25, 0.3) is 0 Å². The molecular formula is C11H11ClN2O2. The number of hydrogen-bond acceptors (Lipinski definition) is 4. The van der Waals surface area contributed by atoms with Gasteiger partial charge in [-0.1, -0.05) is 23.7 Å². The molecule has 0 aliphatic carbocycles. The van der Waals surface area contributed by atoms with Crippen molar-refractivity contribution in [2.24, 2.45) is 0 Å². The van der Waals surface area contributed by atoms with E-state index in [1.165, 1.54) is 0 Å². The zero-order valence-corrected chi connectivity index (χ0v) is 9.69. The molecule has 1 aromatic heterocycles. The van der Waals surface area contributed by atoms with Gasteiger partial charge in [-0.25, -0.2) is 0 Å². The summed E-state index contributed by atoms with van der Waals surface area (Å²) in [5, 5.41) is 17.9. The first kappa shape index (κ1) is 11.1. The van der Waals surface area contributed by atoms with Crippen LogP contribution >= 0.6 is 11.6 Å². The van der Waals surface area contributed by atoms with Gasteiger partial charge in [-0.3, -0.25) is 0 Å². The van der Waals surface area contributed by atoms with Gasteiger partial charge in [-0.15, -0.1) is 10.2 Å². The summed E-state index contributed by atoms with van der Waals surface area (Å²) in [7, 11) is 0. The molecule has 5 heteroatoms. The van der Waals surface area contributed by atoms with E-state index in [2.05, 4.69) is 10.2 Å². The Labute approximate surface area is 97.9 Å². The molecule has 0 aliphatic rings. The van der Waals surface area contributed by atoms with Crippen LogP contribution in [-0.4, -0.2) is 15.3 Å². The molecule has 2 aromatic rings.